The van der Waals surface area contributed by atoms with Gasteiger partial charge in [-0.15, -0.1) is 0 Å². The summed E-state index contributed by atoms with van der Waals surface area (Å²) >= 11 is 0. The first-order valence-electron chi connectivity index (χ1n) is 13.2. The van der Waals surface area contributed by atoms with Crippen LogP contribution in [-0.4, -0.2) is 124 Å². The van der Waals surface area contributed by atoms with Crippen molar-refractivity contribution in [1.82, 2.24) is 0 Å². The molecule has 2 saturated heterocycles. The van der Waals surface area contributed by atoms with Gasteiger partial charge in [-0.1, -0.05) is 0 Å². The number of fused-ring (bicyclic) bond motifs is 3. The lowest BCUT2D eigenvalue weighted by atomic mass is 9.85. The Balaban J connectivity index is 1.32. The summed E-state index contributed by atoms with van der Waals surface area (Å²) in [7, 11) is 1.20. The van der Waals surface area contributed by atoms with Gasteiger partial charge in [-0.2, -0.15) is 0 Å². The highest BCUT2D eigenvalue weighted by Gasteiger charge is 2.75. The summed E-state index contributed by atoms with van der Waals surface area (Å²) in [5.74, 6) is -4.44. The van der Waals surface area contributed by atoms with Gasteiger partial charge in [0, 0.05) is 17.4 Å². The smallest absolute Gasteiger partial charge is 0.334 e. The van der Waals surface area contributed by atoms with Crippen LogP contribution in [-0.2, 0) is 38.0 Å². The minimum Gasteiger partial charge on any atom is -0.472 e. The first kappa shape index (κ1) is 29.4. The topological polar surface area (TPSA) is 214 Å². The van der Waals surface area contributed by atoms with Crippen molar-refractivity contribution in [2.45, 2.75) is 81.2 Å². The van der Waals surface area contributed by atoms with Gasteiger partial charge in [0.1, 0.15) is 42.2 Å². The highest BCUT2D eigenvalue weighted by molar-refractivity contribution is 5.92. The van der Waals surface area contributed by atoms with E-state index in [0.29, 0.717) is 5.57 Å². The maximum Gasteiger partial charge on any atom is 0.334 e. The second kappa shape index (κ2) is 10.9. The summed E-state index contributed by atoms with van der Waals surface area (Å²) in [4.78, 5) is 25.8. The maximum absolute atomic E-state index is 13.4. The van der Waals surface area contributed by atoms with Gasteiger partial charge in [0.15, 0.2) is 6.29 Å². The number of hydrogen-bond donors (Lipinski definition) is 6. The van der Waals surface area contributed by atoms with E-state index in [2.05, 4.69) is 0 Å². The molecule has 0 aromatic rings. The number of epoxide rings is 1. The zero-order valence-electron chi connectivity index (χ0n) is 22.2. The molecule has 40 heavy (non-hydrogen) atoms. The second-order valence-corrected chi connectivity index (χ2v) is 11.1. The predicted molar refractivity (Wildman–Crippen MR) is 128 cm³/mol. The average Bonchev–Trinajstić information content (AvgIpc) is 3.45. The van der Waals surface area contributed by atoms with Gasteiger partial charge in [0.25, 0.3) is 0 Å². The summed E-state index contributed by atoms with van der Waals surface area (Å²) in [6, 6.07) is 0. The van der Waals surface area contributed by atoms with E-state index in [4.69, 9.17) is 28.4 Å². The number of esters is 2. The number of aliphatic hydroxyl groups excluding tert-OH is 6. The van der Waals surface area contributed by atoms with Crippen molar-refractivity contribution in [3.8, 4) is 0 Å². The fourth-order valence-electron chi connectivity index (χ4n) is 6.62. The molecule has 0 amide bonds. The van der Waals surface area contributed by atoms with Crippen LogP contribution in [0.2, 0.25) is 0 Å². The molecule has 2 aliphatic carbocycles. The summed E-state index contributed by atoms with van der Waals surface area (Å²) < 4.78 is 33.6. The van der Waals surface area contributed by atoms with Crippen molar-refractivity contribution >= 4 is 11.9 Å². The first-order valence-corrected chi connectivity index (χ1v) is 13.2. The van der Waals surface area contributed by atoms with E-state index in [1.165, 1.54) is 13.4 Å². The van der Waals surface area contributed by atoms with Crippen LogP contribution in [0.25, 0.3) is 0 Å². The predicted octanol–water partition coefficient (Wildman–Crippen LogP) is -2.53. The number of hydrogen-bond acceptors (Lipinski definition) is 14. The highest BCUT2D eigenvalue weighted by Crippen LogP contribution is 2.60. The van der Waals surface area contributed by atoms with Gasteiger partial charge in [-0.05, 0) is 31.9 Å². The molecule has 5 aliphatic rings. The molecule has 14 nitrogen and oxygen atoms in total. The number of carbonyl (C=O) groups is 2. The van der Waals surface area contributed by atoms with Crippen LogP contribution < -0.4 is 0 Å². The Bertz CT molecular complexity index is 1060. The van der Waals surface area contributed by atoms with Crippen LogP contribution in [0.4, 0.5) is 0 Å². The minimum absolute atomic E-state index is 0.0493. The van der Waals surface area contributed by atoms with E-state index in [9.17, 15) is 40.2 Å². The average molecular weight is 573 g/mol. The molecule has 6 N–H and O–H groups in total. The molecular weight excluding hydrogens is 536 g/mol. The Morgan fingerprint density at radius 3 is 2.50 bits per heavy atom. The van der Waals surface area contributed by atoms with Crippen molar-refractivity contribution < 1.29 is 68.6 Å². The molecule has 3 heterocycles. The van der Waals surface area contributed by atoms with E-state index in [0.717, 1.165) is 0 Å². The third-order valence-electron chi connectivity index (χ3n) is 8.98. The molecule has 14 atom stereocenters. The van der Waals surface area contributed by atoms with E-state index in [1.807, 2.05) is 0 Å². The maximum atomic E-state index is 13.4. The molecule has 1 saturated carbocycles. The lowest BCUT2D eigenvalue weighted by molar-refractivity contribution is -0.344. The van der Waals surface area contributed by atoms with E-state index in [1.54, 1.807) is 19.9 Å². The third-order valence-corrected chi connectivity index (χ3v) is 8.98. The van der Waals surface area contributed by atoms with Crippen LogP contribution in [0.1, 0.15) is 20.3 Å². The van der Waals surface area contributed by atoms with Gasteiger partial charge in [-0.25, -0.2) is 4.79 Å². The lowest BCUT2D eigenvalue weighted by Gasteiger charge is -2.43. The molecule has 0 aromatic carbocycles. The minimum atomic E-state index is -1.64. The third kappa shape index (κ3) is 4.64. The van der Waals surface area contributed by atoms with Gasteiger partial charge >= 0.3 is 11.9 Å². The zero-order chi connectivity index (χ0) is 29.1. The van der Waals surface area contributed by atoms with Crippen LogP contribution in [0.5, 0.6) is 0 Å². The second-order valence-electron chi connectivity index (χ2n) is 11.1. The summed E-state index contributed by atoms with van der Waals surface area (Å²) in [6.45, 7) is 2.10. The van der Waals surface area contributed by atoms with Crippen LogP contribution in [0, 0.1) is 23.7 Å². The highest BCUT2D eigenvalue weighted by atomic mass is 16.8. The van der Waals surface area contributed by atoms with Crippen molar-refractivity contribution in [3.05, 3.63) is 23.5 Å². The fraction of sp³-hybridized carbons (Fsp3) is 0.769. The Morgan fingerprint density at radius 1 is 1.12 bits per heavy atom. The van der Waals surface area contributed by atoms with Crippen LogP contribution in [0.15, 0.2) is 23.5 Å². The molecule has 5 rings (SSSR count). The van der Waals surface area contributed by atoms with Gasteiger partial charge in [-0.3, -0.25) is 4.79 Å². The van der Waals surface area contributed by atoms with Crippen LogP contribution >= 0.6 is 0 Å². The van der Waals surface area contributed by atoms with Crippen molar-refractivity contribution in [2.24, 2.45) is 23.7 Å². The molecular formula is C26H36O14. The van der Waals surface area contributed by atoms with Gasteiger partial charge in [0.05, 0.1) is 44.5 Å². The summed E-state index contributed by atoms with van der Waals surface area (Å²) in [5.41, 5.74) is -0.338. The van der Waals surface area contributed by atoms with Crippen molar-refractivity contribution in [3.63, 3.8) is 0 Å². The number of carbonyl (C=O) groups excluding carboxylic acids is 2. The monoisotopic (exact) mass is 572 g/mol. The van der Waals surface area contributed by atoms with Gasteiger partial charge < -0.3 is 59.1 Å². The molecule has 0 spiro atoms. The van der Waals surface area contributed by atoms with Crippen molar-refractivity contribution in [1.29, 1.82) is 0 Å². The molecule has 224 valence electrons. The quantitative estimate of drug-likeness (QED) is 0.131. The van der Waals surface area contributed by atoms with Crippen LogP contribution in [0.3, 0.4) is 0 Å². The Hall–Kier alpha value is -2.14. The van der Waals surface area contributed by atoms with E-state index >= 15 is 0 Å². The van der Waals surface area contributed by atoms with Gasteiger partial charge in [0.2, 0.25) is 6.29 Å². The van der Waals surface area contributed by atoms with Crippen molar-refractivity contribution in [2.75, 3.05) is 20.3 Å². The van der Waals surface area contributed by atoms with E-state index < -0.39 is 110 Å². The number of methoxy groups -OCH3 is 1. The first-order chi connectivity index (χ1) is 19.0. The Kier molecular flexibility index (Phi) is 8.02. The molecule has 3 fully saturated rings. The SMILES string of the molecule is COC(=O)C1=C(C)C(O)CC1C(CO)C(=O)OC1C2C=COC(O[C@@H]3O[C@H](CO)[C@@H](O)[C@H](O)[C@H]3O)C2C2(C)OC12. The Morgan fingerprint density at radius 2 is 1.85 bits per heavy atom. The zero-order valence-corrected chi connectivity index (χ0v) is 22.2. The molecule has 0 radical (unpaired) electrons. The summed E-state index contributed by atoms with van der Waals surface area (Å²) in [5, 5.41) is 60.6. The standard InChI is InChI=1S/C26H36O14/c1-9-13(29)6-11(15(9)23(34)35-3)12(7-27)22(33)38-20-10-4-5-36-24(16(10)26(2)21(20)40-26)39-25-19(32)18(31)17(30)14(8-28)37-25/h4-5,10-14,16-21,24-25,27-32H,6-8H2,1-3H3/t10?,11?,12?,13?,14-,16?,17-,18+,19-,20?,21?,24?,25+,26?/m1/s1. The molecule has 3 aliphatic heterocycles. The fourth-order valence-corrected chi connectivity index (χ4v) is 6.62. The van der Waals surface area contributed by atoms with E-state index in [-0.39, 0.29) is 12.0 Å². The lowest BCUT2D eigenvalue weighted by Crippen LogP contribution is -2.60. The summed E-state index contributed by atoms with van der Waals surface area (Å²) in [6.07, 6.45) is -7.77. The molecule has 9 unspecified atom stereocenters. The molecule has 0 aromatic heterocycles. The molecule has 0 bridgehead atoms. The largest absolute Gasteiger partial charge is 0.472 e. The number of rotatable bonds is 8. The number of aliphatic hydroxyl groups is 6. The Labute approximate surface area is 229 Å². The normalized spacial score (nSPS) is 46.3. The molecule has 14 heteroatoms. The number of ether oxygens (including phenoxy) is 6.